The summed E-state index contributed by atoms with van der Waals surface area (Å²) < 4.78 is 0. The molecule has 3 rings (SSSR count). The Kier molecular flexibility index (Phi) is 4.73. The number of ketones is 2. The maximum absolute atomic E-state index is 12.9. The minimum atomic E-state index is -0.667. The van der Waals surface area contributed by atoms with Crippen LogP contribution < -0.4 is 0 Å². The van der Waals surface area contributed by atoms with Gasteiger partial charge in [-0.1, -0.05) is 11.6 Å². The maximum atomic E-state index is 12.9. The van der Waals surface area contributed by atoms with Gasteiger partial charge in [0.15, 0.2) is 5.78 Å². The number of hydrogen-bond donors (Lipinski definition) is 1. The summed E-state index contributed by atoms with van der Waals surface area (Å²) in [5.74, 6) is 0.121. The zero-order valence-corrected chi connectivity index (χ0v) is 15.6. The molecule has 0 aliphatic carbocycles. The van der Waals surface area contributed by atoms with Gasteiger partial charge in [0.25, 0.3) is 0 Å². The number of nitrogens with zero attached hydrogens (tertiary/aromatic N) is 4. The molecule has 0 bridgehead atoms. The van der Waals surface area contributed by atoms with E-state index >= 15 is 0 Å². The first-order valence-corrected chi connectivity index (χ1v) is 8.47. The van der Waals surface area contributed by atoms with Crippen LogP contribution in [0.3, 0.4) is 0 Å². The van der Waals surface area contributed by atoms with Gasteiger partial charge in [0.05, 0.1) is 5.69 Å². The highest BCUT2D eigenvalue weighted by molar-refractivity contribution is 6.30. The molecule has 0 unspecified atom stereocenters. The number of carbonyl (C=O) groups is 2. The largest absolute Gasteiger partial charge is 0.355 e. The van der Waals surface area contributed by atoms with Crippen molar-refractivity contribution in [3.8, 4) is 11.4 Å². The first-order valence-electron chi connectivity index (χ1n) is 8.09. The average molecular weight is 372 g/mol. The SMILES string of the molecule is CC(=O)c1c(C)[nH]c(C(=O)[C@H](C)n2nnc(-c3ccc(Cl)cc3)n2)c1C. The third kappa shape index (κ3) is 3.17. The standard InChI is InChI=1S/C18H18ClN5O2/c1-9-15(12(4)25)10(2)20-16(9)17(26)11(3)24-22-18(21-23-24)13-5-7-14(19)8-6-13/h5-8,11,20H,1-4H3/t11-/m0/s1. The highest BCUT2D eigenvalue weighted by Gasteiger charge is 2.26. The van der Waals surface area contributed by atoms with E-state index in [0.717, 1.165) is 5.56 Å². The summed E-state index contributed by atoms with van der Waals surface area (Å²) in [5, 5.41) is 12.9. The zero-order chi connectivity index (χ0) is 19.0. The fraction of sp³-hybridized carbons (Fsp3) is 0.278. The molecule has 2 heterocycles. The van der Waals surface area contributed by atoms with Crippen molar-refractivity contribution in [1.29, 1.82) is 0 Å². The Morgan fingerprint density at radius 2 is 1.85 bits per heavy atom. The number of rotatable bonds is 5. The molecule has 0 aliphatic heterocycles. The number of hydrogen-bond acceptors (Lipinski definition) is 5. The topological polar surface area (TPSA) is 93.5 Å². The van der Waals surface area contributed by atoms with Gasteiger partial charge >= 0.3 is 0 Å². The number of tetrazole rings is 1. The quantitative estimate of drug-likeness (QED) is 0.692. The summed E-state index contributed by atoms with van der Waals surface area (Å²) in [4.78, 5) is 28.9. The monoisotopic (exact) mass is 371 g/mol. The second-order valence-electron chi connectivity index (χ2n) is 6.16. The van der Waals surface area contributed by atoms with Crippen LogP contribution in [0.5, 0.6) is 0 Å². The fourth-order valence-corrected chi connectivity index (χ4v) is 3.07. The van der Waals surface area contributed by atoms with Gasteiger partial charge in [0.2, 0.25) is 11.6 Å². The molecule has 1 atom stereocenters. The average Bonchev–Trinajstić information content (AvgIpc) is 3.19. The van der Waals surface area contributed by atoms with Crippen molar-refractivity contribution in [1.82, 2.24) is 25.2 Å². The molecule has 0 saturated carbocycles. The van der Waals surface area contributed by atoms with E-state index in [1.807, 2.05) is 0 Å². The lowest BCUT2D eigenvalue weighted by molar-refractivity contribution is 0.0912. The lowest BCUT2D eigenvalue weighted by Gasteiger charge is -2.08. The van der Waals surface area contributed by atoms with Gasteiger partial charge < -0.3 is 4.98 Å². The van der Waals surface area contributed by atoms with Crippen LogP contribution >= 0.6 is 11.6 Å². The molecule has 7 nitrogen and oxygen atoms in total. The summed E-state index contributed by atoms with van der Waals surface area (Å²) in [7, 11) is 0. The van der Waals surface area contributed by atoms with Crippen molar-refractivity contribution in [3.05, 3.63) is 51.8 Å². The maximum Gasteiger partial charge on any atom is 0.205 e. The third-order valence-corrected chi connectivity index (χ3v) is 4.54. The Bertz CT molecular complexity index is 988. The van der Waals surface area contributed by atoms with Crippen LogP contribution in [-0.4, -0.2) is 36.8 Å². The minimum Gasteiger partial charge on any atom is -0.355 e. The van der Waals surface area contributed by atoms with Crippen molar-refractivity contribution >= 4 is 23.2 Å². The summed E-state index contributed by atoms with van der Waals surface area (Å²) in [6.45, 7) is 6.71. The molecule has 0 radical (unpaired) electrons. The molecular weight excluding hydrogens is 354 g/mol. The first kappa shape index (κ1) is 18.0. The molecule has 1 N–H and O–H groups in total. The molecule has 134 valence electrons. The van der Waals surface area contributed by atoms with Crippen molar-refractivity contribution in [3.63, 3.8) is 0 Å². The number of aryl methyl sites for hydroxylation is 1. The van der Waals surface area contributed by atoms with E-state index in [1.165, 1.54) is 11.7 Å². The van der Waals surface area contributed by atoms with E-state index in [1.54, 1.807) is 45.0 Å². The third-order valence-electron chi connectivity index (χ3n) is 4.29. The zero-order valence-electron chi connectivity index (χ0n) is 14.9. The molecule has 26 heavy (non-hydrogen) atoms. The van der Waals surface area contributed by atoms with Gasteiger partial charge in [0, 0.05) is 21.8 Å². The van der Waals surface area contributed by atoms with Crippen LogP contribution in [0.2, 0.25) is 5.02 Å². The molecule has 1 aromatic carbocycles. The number of aromatic amines is 1. The van der Waals surface area contributed by atoms with E-state index in [2.05, 4.69) is 20.4 Å². The highest BCUT2D eigenvalue weighted by Crippen LogP contribution is 2.23. The van der Waals surface area contributed by atoms with Gasteiger partial charge in [0.1, 0.15) is 6.04 Å². The van der Waals surface area contributed by atoms with Crippen LogP contribution in [0.25, 0.3) is 11.4 Å². The predicted molar refractivity (Wildman–Crippen MR) is 97.6 cm³/mol. The Morgan fingerprint density at radius 3 is 2.42 bits per heavy atom. The second kappa shape index (κ2) is 6.84. The summed E-state index contributed by atoms with van der Waals surface area (Å²) in [6.07, 6.45) is 0. The smallest absolute Gasteiger partial charge is 0.205 e. The summed E-state index contributed by atoms with van der Waals surface area (Å²) in [5.41, 5.74) is 3.02. The second-order valence-corrected chi connectivity index (χ2v) is 6.60. The fourth-order valence-electron chi connectivity index (χ4n) is 2.94. The van der Waals surface area contributed by atoms with E-state index in [4.69, 9.17) is 11.6 Å². The predicted octanol–water partition coefficient (Wildman–Crippen LogP) is 3.58. The van der Waals surface area contributed by atoms with Crippen molar-refractivity contribution in [2.24, 2.45) is 0 Å². The molecular formula is C18H18ClN5O2. The van der Waals surface area contributed by atoms with Crippen LogP contribution in [0.15, 0.2) is 24.3 Å². The molecule has 0 spiro atoms. The van der Waals surface area contributed by atoms with Crippen LogP contribution in [0.1, 0.15) is 52.0 Å². The van der Waals surface area contributed by atoms with E-state index < -0.39 is 6.04 Å². The van der Waals surface area contributed by atoms with Crippen molar-refractivity contribution < 1.29 is 9.59 Å². The minimum absolute atomic E-state index is 0.0770. The Hall–Kier alpha value is -2.80. The molecule has 0 fully saturated rings. The number of Topliss-reactive ketones (excluding diaryl/α,β-unsaturated/α-hetero) is 2. The number of nitrogens with one attached hydrogen (secondary N) is 1. The van der Waals surface area contributed by atoms with Crippen LogP contribution in [-0.2, 0) is 0 Å². The number of H-pyrrole nitrogens is 1. The Balaban J connectivity index is 1.89. The van der Waals surface area contributed by atoms with Crippen LogP contribution in [0.4, 0.5) is 0 Å². The van der Waals surface area contributed by atoms with Gasteiger partial charge in [-0.25, -0.2) is 0 Å². The van der Waals surface area contributed by atoms with Gasteiger partial charge in [-0.3, -0.25) is 9.59 Å². The first-order chi connectivity index (χ1) is 12.3. The Labute approximate surface area is 155 Å². The van der Waals surface area contributed by atoms with Crippen LogP contribution in [0, 0.1) is 13.8 Å². The molecule has 2 aromatic heterocycles. The molecule has 0 amide bonds. The lowest BCUT2D eigenvalue weighted by atomic mass is 10.0. The summed E-state index contributed by atoms with van der Waals surface area (Å²) in [6, 6.07) is 6.38. The molecule has 8 heteroatoms. The van der Waals surface area contributed by atoms with Gasteiger partial charge in [-0.2, -0.15) is 4.80 Å². The summed E-state index contributed by atoms with van der Waals surface area (Å²) >= 11 is 5.88. The van der Waals surface area contributed by atoms with E-state index in [-0.39, 0.29) is 11.6 Å². The Morgan fingerprint density at radius 1 is 1.19 bits per heavy atom. The molecule has 3 aromatic rings. The molecule has 0 aliphatic rings. The normalized spacial score (nSPS) is 12.2. The number of carbonyl (C=O) groups excluding carboxylic acids is 2. The molecule has 0 saturated heterocycles. The van der Waals surface area contributed by atoms with Gasteiger partial charge in [-0.15, -0.1) is 10.2 Å². The lowest BCUT2D eigenvalue weighted by Crippen LogP contribution is -2.20. The highest BCUT2D eigenvalue weighted by atomic mass is 35.5. The number of aromatic nitrogens is 5. The van der Waals surface area contributed by atoms with E-state index in [9.17, 15) is 9.59 Å². The van der Waals surface area contributed by atoms with Crippen molar-refractivity contribution in [2.45, 2.75) is 33.7 Å². The van der Waals surface area contributed by atoms with Crippen molar-refractivity contribution in [2.75, 3.05) is 0 Å². The van der Waals surface area contributed by atoms with E-state index in [0.29, 0.717) is 33.4 Å². The number of benzene rings is 1. The van der Waals surface area contributed by atoms with Gasteiger partial charge in [-0.05, 0) is 62.7 Å². The number of halogens is 1.